The summed E-state index contributed by atoms with van der Waals surface area (Å²) in [5.41, 5.74) is 9.50. The van der Waals surface area contributed by atoms with E-state index < -0.39 is 0 Å². The summed E-state index contributed by atoms with van der Waals surface area (Å²) in [6.45, 7) is 0.838. The molecule has 0 bridgehead atoms. The number of benzene rings is 5. The van der Waals surface area contributed by atoms with Gasteiger partial charge in [-0.3, -0.25) is 5.32 Å². The summed E-state index contributed by atoms with van der Waals surface area (Å²) in [5.74, 6) is 1.55. The first kappa shape index (κ1) is 30.4. The summed E-state index contributed by atoms with van der Waals surface area (Å²) in [6, 6.07) is 41.7. The van der Waals surface area contributed by atoms with Crippen molar-refractivity contribution in [3.8, 4) is 5.75 Å². The van der Waals surface area contributed by atoms with Crippen LogP contribution < -0.4 is 20.7 Å². The summed E-state index contributed by atoms with van der Waals surface area (Å²) in [5, 5.41) is 14.2. The minimum Gasteiger partial charge on any atom is -0.484 e. The minimum absolute atomic E-state index is 0.0198. The molecule has 11 rings (SSSR count). The minimum atomic E-state index is -0.0198. The topological polar surface area (TPSA) is 63.0 Å². The van der Waals surface area contributed by atoms with Gasteiger partial charge in [-0.05, 0) is 65.4 Å². The van der Waals surface area contributed by atoms with Crippen LogP contribution in [0.2, 0.25) is 0 Å². The molecule has 2 aromatic heterocycles. The van der Waals surface area contributed by atoms with E-state index in [2.05, 4.69) is 162 Å². The summed E-state index contributed by atoms with van der Waals surface area (Å²) < 4.78 is 14.4. The SMILES string of the molecule is C1=CC2c3ccccc3OC2C(c2ccc3oc4cc(C5CNC(C6C=Cc7sc8ccccc8c7C6)NC(c6ccccc6)[NH2+]5)ccc4c3c2)=C1. The molecule has 2 aliphatic heterocycles. The van der Waals surface area contributed by atoms with Gasteiger partial charge in [-0.1, -0.05) is 103 Å². The number of hydrogen-bond acceptors (Lipinski definition) is 5. The van der Waals surface area contributed by atoms with Crippen molar-refractivity contribution in [2.24, 2.45) is 5.92 Å². The molecule has 5 aromatic carbocycles. The molecular weight excluding hydrogens is 659 g/mol. The zero-order chi connectivity index (χ0) is 34.2. The molecule has 1 fully saturated rings. The van der Waals surface area contributed by atoms with Crippen molar-refractivity contribution in [3.05, 3.63) is 172 Å². The lowest BCUT2D eigenvalue weighted by atomic mass is 9.84. The van der Waals surface area contributed by atoms with E-state index in [1.165, 1.54) is 48.4 Å². The third-order valence-electron chi connectivity index (χ3n) is 11.6. The smallest absolute Gasteiger partial charge is 0.167 e. The van der Waals surface area contributed by atoms with Crippen molar-refractivity contribution in [1.82, 2.24) is 10.6 Å². The standard InChI is InChI=1S/C46H37N3O2S/c1-2-9-27(10-3-1)46-48-38(26-47-45(49-46)30-19-22-43-37(24-30)34-12-5-7-16-42(34)52-43)29-17-20-33-36-23-28(18-21-40(36)50-41(33)25-29)31-13-8-14-35-32-11-4-6-15-39(32)51-44(31)35/h1-23,25,30,35,38,44-49H,24,26H2/p+1. The number of quaternary nitrogens is 1. The highest BCUT2D eigenvalue weighted by Crippen LogP contribution is 2.46. The van der Waals surface area contributed by atoms with E-state index in [0.29, 0.717) is 5.92 Å². The zero-order valence-electron chi connectivity index (χ0n) is 28.5. The maximum absolute atomic E-state index is 6.56. The van der Waals surface area contributed by atoms with Gasteiger partial charge >= 0.3 is 0 Å². The lowest BCUT2D eigenvalue weighted by molar-refractivity contribution is -0.735. The van der Waals surface area contributed by atoms with Gasteiger partial charge in [-0.2, -0.15) is 0 Å². The number of para-hydroxylation sites is 1. The number of fused-ring (bicyclic) bond motifs is 9. The number of nitrogens with two attached hydrogens (primary N) is 1. The third kappa shape index (κ3) is 5.01. The Hall–Kier alpha value is -5.24. The molecule has 6 heteroatoms. The predicted octanol–water partition coefficient (Wildman–Crippen LogP) is 9.01. The second-order valence-corrected chi connectivity index (χ2v) is 15.7. The monoisotopic (exact) mass is 696 g/mol. The van der Waals surface area contributed by atoms with Gasteiger partial charge in [0.15, 0.2) is 6.17 Å². The largest absolute Gasteiger partial charge is 0.484 e. The van der Waals surface area contributed by atoms with Crippen LogP contribution in [-0.2, 0) is 6.42 Å². The number of thiophene rings is 1. The Kier molecular flexibility index (Phi) is 7.12. The molecule has 4 aliphatic rings. The van der Waals surface area contributed by atoms with Gasteiger partial charge in [-0.15, -0.1) is 11.3 Å². The maximum atomic E-state index is 6.56. The number of allylic oxidation sites excluding steroid dienone is 2. The Bertz CT molecular complexity index is 2600. The van der Waals surface area contributed by atoms with Crippen LogP contribution in [0.5, 0.6) is 5.75 Å². The van der Waals surface area contributed by atoms with Gasteiger partial charge in [0, 0.05) is 54.4 Å². The van der Waals surface area contributed by atoms with Crippen LogP contribution in [0.3, 0.4) is 0 Å². The molecule has 7 aromatic rings. The normalized spacial score (nSPS) is 25.0. The summed E-state index contributed by atoms with van der Waals surface area (Å²) in [4.78, 5) is 1.40. The highest BCUT2D eigenvalue weighted by atomic mass is 32.1. The first-order chi connectivity index (χ1) is 25.7. The lowest BCUT2D eigenvalue weighted by Gasteiger charge is -2.29. The summed E-state index contributed by atoms with van der Waals surface area (Å²) in [6.07, 6.45) is 12.6. The van der Waals surface area contributed by atoms with Crippen molar-refractivity contribution in [1.29, 1.82) is 0 Å². The molecule has 52 heavy (non-hydrogen) atoms. The third-order valence-corrected chi connectivity index (χ3v) is 12.8. The second-order valence-electron chi connectivity index (χ2n) is 14.6. The molecule has 5 nitrogen and oxygen atoms in total. The molecule has 4 N–H and O–H groups in total. The van der Waals surface area contributed by atoms with Crippen LogP contribution in [0.25, 0.3) is 43.7 Å². The Morgan fingerprint density at radius 2 is 1.63 bits per heavy atom. The van der Waals surface area contributed by atoms with E-state index in [4.69, 9.17) is 9.15 Å². The molecule has 1 saturated heterocycles. The number of hydrogen-bond donors (Lipinski definition) is 3. The molecule has 6 atom stereocenters. The molecule has 0 saturated carbocycles. The number of ether oxygens (including phenoxy) is 1. The average Bonchev–Trinajstić information content (AvgIpc) is 3.83. The van der Waals surface area contributed by atoms with Gasteiger partial charge in [0.2, 0.25) is 0 Å². The number of nitrogens with one attached hydrogen (secondary N) is 2. The van der Waals surface area contributed by atoms with Gasteiger partial charge in [0.05, 0.1) is 12.7 Å². The quantitative estimate of drug-likeness (QED) is 0.172. The maximum Gasteiger partial charge on any atom is 0.167 e. The average molecular weight is 697 g/mol. The van der Waals surface area contributed by atoms with Crippen molar-refractivity contribution in [3.63, 3.8) is 0 Å². The Labute approximate surface area is 306 Å². The highest BCUT2D eigenvalue weighted by molar-refractivity contribution is 7.20. The molecule has 6 unspecified atom stereocenters. The van der Waals surface area contributed by atoms with Gasteiger partial charge in [0.1, 0.15) is 29.1 Å². The predicted molar refractivity (Wildman–Crippen MR) is 211 cm³/mol. The zero-order valence-corrected chi connectivity index (χ0v) is 29.4. The fraction of sp³-hybridized carbons (Fsp3) is 0.174. The van der Waals surface area contributed by atoms with Crippen molar-refractivity contribution >= 4 is 55.0 Å². The van der Waals surface area contributed by atoms with E-state index in [1.807, 2.05) is 11.3 Å². The molecule has 2 aliphatic carbocycles. The second kappa shape index (κ2) is 12.2. The highest BCUT2D eigenvalue weighted by Gasteiger charge is 2.37. The van der Waals surface area contributed by atoms with E-state index in [9.17, 15) is 0 Å². The molecule has 0 spiro atoms. The Morgan fingerprint density at radius 3 is 2.60 bits per heavy atom. The first-order valence-corrected chi connectivity index (χ1v) is 19.2. The number of rotatable bonds is 4. The van der Waals surface area contributed by atoms with E-state index >= 15 is 0 Å². The van der Waals surface area contributed by atoms with Crippen LogP contribution in [0.4, 0.5) is 0 Å². The summed E-state index contributed by atoms with van der Waals surface area (Å²) >= 11 is 1.91. The Morgan fingerprint density at radius 1 is 0.750 bits per heavy atom. The van der Waals surface area contributed by atoms with Crippen LogP contribution in [-0.4, -0.2) is 18.8 Å². The first-order valence-electron chi connectivity index (χ1n) is 18.4. The van der Waals surface area contributed by atoms with E-state index in [1.54, 1.807) is 0 Å². The molecule has 254 valence electrons. The van der Waals surface area contributed by atoms with E-state index in [-0.39, 0.29) is 30.4 Å². The Balaban J connectivity index is 0.897. The van der Waals surface area contributed by atoms with Crippen LogP contribution in [0.1, 0.15) is 50.8 Å². The van der Waals surface area contributed by atoms with E-state index in [0.717, 1.165) is 40.7 Å². The fourth-order valence-corrected chi connectivity index (χ4v) is 10.1. The molecular formula is C46H38N3O2S+. The number of furan rings is 1. The van der Waals surface area contributed by atoms with Gasteiger partial charge in [0.25, 0.3) is 0 Å². The van der Waals surface area contributed by atoms with Crippen LogP contribution >= 0.6 is 11.3 Å². The van der Waals surface area contributed by atoms with Crippen LogP contribution in [0.15, 0.2) is 144 Å². The lowest BCUT2D eigenvalue weighted by Crippen LogP contribution is -2.89. The van der Waals surface area contributed by atoms with Gasteiger partial charge < -0.3 is 14.5 Å². The fourth-order valence-electron chi connectivity index (χ4n) is 8.98. The van der Waals surface area contributed by atoms with Crippen molar-refractivity contribution in [2.75, 3.05) is 6.54 Å². The van der Waals surface area contributed by atoms with Crippen LogP contribution in [0, 0.1) is 5.92 Å². The molecule has 0 amide bonds. The van der Waals surface area contributed by atoms with Gasteiger partial charge in [-0.25, -0.2) is 5.32 Å². The molecule has 0 radical (unpaired) electrons. The summed E-state index contributed by atoms with van der Waals surface area (Å²) in [7, 11) is 0. The van der Waals surface area contributed by atoms with Crippen molar-refractivity contribution < 1.29 is 14.5 Å². The van der Waals surface area contributed by atoms with Crippen molar-refractivity contribution in [2.45, 2.75) is 36.8 Å². The molecule has 4 heterocycles.